The molecule has 1 aromatic rings. The number of methoxy groups -OCH3 is 1. The second-order valence-corrected chi connectivity index (χ2v) is 8.54. The summed E-state index contributed by atoms with van der Waals surface area (Å²) in [6.07, 6.45) is 6.03. The van der Waals surface area contributed by atoms with E-state index in [1.165, 1.54) is 0 Å². The van der Waals surface area contributed by atoms with E-state index in [-0.39, 0.29) is 17.1 Å². The van der Waals surface area contributed by atoms with Crippen molar-refractivity contribution in [3.05, 3.63) is 29.3 Å². The molecule has 4 rings (SSSR count). The second kappa shape index (κ2) is 6.08. The Hall–Kier alpha value is -1.42. The zero-order valence-corrected chi connectivity index (χ0v) is 15.1. The normalized spacial score (nSPS) is 37.0. The molecule has 0 N–H and O–H groups in total. The number of ketones is 1. The molecule has 0 heterocycles. The van der Waals surface area contributed by atoms with Gasteiger partial charge in [0, 0.05) is 18.1 Å². The Morgan fingerprint density at radius 2 is 1.96 bits per heavy atom. The standard InChI is InChI=1S/C21H27FO3/c1-20(22)10-14(11-20)13-25-17-4-3-15-12-21(19(23)18(15)9-17)7-5-16(24-2)6-8-21/h3-4,9,14,16H,5-8,10-13H2,1-2H3. The SMILES string of the molecule is COC1CCC2(CC1)Cc1ccc(OCC3CC(C)(F)C3)cc1C2=O. The van der Waals surface area contributed by atoms with Crippen molar-refractivity contribution < 1.29 is 18.7 Å². The van der Waals surface area contributed by atoms with Gasteiger partial charge in [-0.2, -0.15) is 0 Å². The fourth-order valence-corrected chi connectivity index (χ4v) is 5.00. The van der Waals surface area contributed by atoms with E-state index >= 15 is 0 Å². The molecule has 0 radical (unpaired) electrons. The zero-order chi connectivity index (χ0) is 17.7. The minimum absolute atomic E-state index is 0.222. The zero-order valence-electron chi connectivity index (χ0n) is 15.1. The van der Waals surface area contributed by atoms with Gasteiger partial charge in [-0.25, -0.2) is 4.39 Å². The van der Waals surface area contributed by atoms with Gasteiger partial charge in [0.1, 0.15) is 11.4 Å². The van der Waals surface area contributed by atoms with Crippen LogP contribution in [-0.4, -0.2) is 31.3 Å². The Labute approximate surface area is 148 Å². The highest BCUT2D eigenvalue weighted by molar-refractivity contribution is 6.05. The molecule has 0 bridgehead atoms. The van der Waals surface area contributed by atoms with Crippen LogP contribution in [0, 0.1) is 11.3 Å². The summed E-state index contributed by atoms with van der Waals surface area (Å²) in [5.74, 6) is 1.30. The quantitative estimate of drug-likeness (QED) is 0.804. The number of halogens is 1. The molecule has 2 fully saturated rings. The van der Waals surface area contributed by atoms with Crippen LogP contribution in [0.4, 0.5) is 4.39 Å². The fourth-order valence-electron chi connectivity index (χ4n) is 5.00. The number of hydrogen-bond donors (Lipinski definition) is 0. The maximum absolute atomic E-state index is 13.6. The first-order valence-corrected chi connectivity index (χ1v) is 9.43. The van der Waals surface area contributed by atoms with E-state index in [9.17, 15) is 9.18 Å². The molecule has 0 amide bonds. The smallest absolute Gasteiger partial charge is 0.169 e. The number of Topliss-reactive ketones (excluding diaryl/α,β-unsaturated/α-hetero) is 1. The van der Waals surface area contributed by atoms with Crippen molar-refractivity contribution in [2.75, 3.05) is 13.7 Å². The summed E-state index contributed by atoms with van der Waals surface area (Å²) < 4.78 is 24.9. The van der Waals surface area contributed by atoms with E-state index in [1.54, 1.807) is 14.0 Å². The monoisotopic (exact) mass is 346 g/mol. The molecule has 0 saturated heterocycles. The Balaban J connectivity index is 1.42. The summed E-state index contributed by atoms with van der Waals surface area (Å²) in [5.41, 5.74) is 0.737. The molecule has 1 spiro atoms. The van der Waals surface area contributed by atoms with Gasteiger partial charge in [-0.1, -0.05) is 6.07 Å². The van der Waals surface area contributed by atoms with E-state index in [2.05, 4.69) is 0 Å². The maximum Gasteiger partial charge on any atom is 0.169 e. The van der Waals surface area contributed by atoms with Crippen molar-refractivity contribution >= 4 is 5.78 Å². The minimum atomic E-state index is -1.02. The molecule has 0 aromatic heterocycles. The number of hydrogen-bond acceptors (Lipinski definition) is 3. The van der Waals surface area contributed by atoms with Crippen molar-refractivity contribution in [1.82, 2.24) is 0 Å². The van der Waals surface area contributed by atoms with Crippen molar-refractivity contribution in [1.29, 1.82) is 0 Å². The van der Waals surface area contributed by atoms with Crippen LogP contribution in [0.5, 0.6) is 5.75 Å². The Bertz CT molecular complexity index is 666. The predicted octanol–water partition coefficient (Wildman–Crippen LogP) is 4.52. The summed E-state index contributed by atoms with van der Waals surface area (Å²) in [5, 5.41) is 0. The molecule has 25 heavy (non-hydrogen) atoms. The average molecular weight is 346 g/mol. The van der Waals surface area contributed by atoms with E-state index in [4.69, 9.17) is 9.47 Å². The lowest BCUT2D eigenvalue weighted by Gasteiger charge is -2.38. The number of carbonyl (C=O) groups is 1. The molecule has 4 heteroatoms. The van der Waals surface area contributed by atoms with E-state index in [0.29, 0.717) is 25.6 Å². The fraction of sp³-hybridized carbons (Fsp3) is 0.667. The van der Waals surface area contributed by atoms with E-state index in [0.717, 1.165) is 49.0 Å². The molecule has 2 saturated carbocycles. The molecule has 0 unspecified atom stereocenters. The topological polar surface area (TPSA) is 35.5 Å². The van der Waals surface area contributed by atoms with Gasteiger partial charge in [0.05, 0.1) is 12.7 Å². The van der Waals surface area contributed by atoms with Gasteiger partial charge < -0.3 is 9.47 Å². The first kappa shape index (κ1) is 17.0. The Morgan fingerprint density at radius 3 is 2.60 bits per heavy atom. The van der Waals surface area contributed by atoms with Gasteiger partial charge in [-0.05, 0) is 75.5 Å². The average Bonchev–Trinajstić information content (AvgIpc) is 2.84. The minimum Gasteiger partial charge on any atom is -0.493 e. The van der Waals surface area contributed by atoms with E-state index in [1.807, 2.05) is 18.2 Å². The van der Waals surface area contributed by atoms with Gasteiger partial charge in [0.2, 0.25) is 0 Å². The van der Waals surface area contributed by atoms with E-state index < -0.39 is 5.67 Å². The van der Waals surface area contributed by atoms with Crippen molar-refractivity contribution in [3.8, 4) is 5.75 Å². The second-order valence-electron chi connectivity index (χ2n) is 8.54. The largest absolute Gasteiger partial charge is 0.493 e. The van der Waals surface area contributed by atoms with Crippen LogP contribution < -0.4 is 4.74 Å². The Morgan fingerprint density at radius 1 is 1.24 bits per heavy atom. The predicted molar refractivity (Wildman–Crippen MR) is 93.9 cm³/mol. The maximum atomic E-state index is 13.6. The highest BCUT2D eigenvalue weighted by atomic mass is 19.1. The van der Waals surface area contributed by atoms with Crippen LogP contribution in [0.1, 0.15) is 61.4 Å². The highest BCUT2D eigenvalue weighted by Gasteiger charge is 2.47. The van der Waals surface area contributed by atoms with Crippen LogP contribution in [0.3, 0.4) is 0 Å². The van der Waals surface area contributed by atoms with Crippen molar-refractivity contribution in [3.63, 3.8) is 0 Å². The number of carbonyl (C=O) groups excluding carboxylic acids is 1. The molecule has 0 atom stereocenters. The van der Waals surface area contributed by atoms with Crippen LogP contribution >= 0.6 is 0 Å². The lowest BCUT2D eigenvalue weighted by atomic mass is 9.70. The number of ether oxygens (including phenoxy) is 2. The van der Waals surface area contributed by atoms with Crippen LogP contribution in [0.15, 0.2) is 18.2 Å². The third-order valence-corrected chi connectivity index (χ3v) is 6.47. The summed E-state index contributed by atoms with van der Waals surface area (Å²) in [4.78, 5) is 13.1. The van der Waals surface area contributed by atoms with Crippen LogP contribution in [0.25, 0.3) is 0 Å². The number of fused-ring (bicyclic) bond motifs is 1. The lowest BCUT2D eigenvalue weighted by Crippen LogP contribution is -2.39. The lowest BCUT2D eigenvalue weighted by molar-refractivity contribution is 0.00242. The third kappa shape index (κ3) is 3.10. The molecular formula is C21H27FO3. The number of alkyl halides is 1. The first-order valence-electron chi connectivity index (χ1n) is 9.43. The molecule has 136 valence electrons. The van der Waals surface area contributed by atoms with Crippen LogP contribution in [0.2, 0.25) is 0 Å². The molecule has 3 aliphatic carbocycles. The summed E-state index contributed by atoms with van der Waals surface area (Å²) in [7, 11) is 1.76. The molecular weight excluding hydrogens is 319 g/mol. The van der Waals surface area contributed by atoms with Gasteiger partial charge in [0.25, 0.3) is 0 Å². The third-order valence-electron chi connectivity index (χ3n) is 6.47. The molecule has 3 nitrogen and oxygen atoms in total. The highest BCUT2D eigenvalue weighted by Crippen LogP contribution is 2.48. The first-order chi connectivity index (χ1) is 11.9. The van der Waals surface area contributed by atoms with Gasteiger partial charge >= 0.3 is 0 Å². The number of benzene rings is 1. The van der Waals surface area contributed by atoms with Crippen molar-refractivity contribution in [2.45, 2.75) is 63.6 Å². The van der Waals surface area contributed by atoms with Gasteiger partial charge in [0.15, 0.2) is 5.78 Å². The molecule has 1 aromatic carbocycles. The van der Waals surface area contributed by atoms with Gasteiger partial charge in [-0.15, -0.1) is 0 Å². The molecule has 0 aliphatic heterocycles. The Kier molecular flexibility index (Phi) is 4.14. The molecule has 3 aliphatic rings. The van der Waals surface area contributed by atoms with Gasteiger partial charge in [-0.3, -0.25) is 4.79 Å². The number of rotatable bonds is 4. The summed E-state index contributed by atoms with van der Waals surface area (Å²) in [6, 6.07) is 5.90. The summed E-state index contributed by atoms with van der Waals surface area (Å²) in [6.45, 7) is 2.18. The van der Waals surface area contributed by atoms with Crippen molar-refractivity contribution in [2.24, 2.45) is 11.3 Å². The summed E-state index contributed by atoms with van der Waals surface area (Å²) >= 11 is 0. The van der Waals surface area contributed by atoms with Crippen LogP contribution in [-0.2, 0) is 11.2 Å².